The highest BCUT2D eigenvalue weighted by Crippen LogP contribution is 2.19. The van der Waals surface area contributed by atoms with Crippen molar-refractivity contribution in [2.24, 2.45) is 0 Å². The summed E-state index contributed by atoms with van der Waals surface area (Å²) in [6.07, 6.45) is 1.67. The maximum absolute atomic E-state index is 12.8. The standard InChI is InChI=1S/C22H23N3O3/c1-4-13-27-19-11-9-17(10-12-19)22(26)25(5-2)15-20-23-21(24-28-20)18-8-6-7-16(3)14-18/h4,6-12,14H,1,5,13,15H2,2-3H3. The minimum atomic E-state index is -0.104. The van der Waals surface area contributed by atoms with E-state index in [0.29, 0.717) is 36.2 Å². The lowest BCUT2D eigenvalue weighted by molar-refractivity contribution is 0.0734. The topological polar surface area (TPSA) is 68.5 Å². The van der Waals surface area contributed by atoms with Gasteiger partial charge in [-0.15, -0.1) is 0 Å². The van der Waals surface area contributed by atoms with E-state index < -0.39 is 0 Å². The Morgan fingerprint density at radius 1 is 1.25 bits per heavy atom. The Morgan fingerprint density at radius 2 is 2.04 bits per heavy atom. The summed E-state index contributed by atoms with van der Waals surface area (Å²) in [5, 5.41) is 4.04. The molecule has 1 aromatic heterocycles. The predicted molar refractivity (Wildman–Crippen MR) is 107 cm³/mol. The van der Waals surface area contributed by atoms with Crippen LogP contribution in [-0.2, 0) is 6.54 Å². The number of hydrogen-bond donors (Lipinski definition) is 0. The third kappa shape index (κ3) is 4.65. The fourth-order valence-electron chi connectivity index (χ4n) is 2.74. The molecule has 0 atom stereocenters. The Kier molecular flexibility index (Phi) is 6.22. The average Bonchev–Trinajstić information content (AvgIpc) is 3.19. The Labute approximate surface area is 164 Å². The van der Waals surface area contributed by atoms with E-state index in [1.807, 2.05) is 38.1 Å². The van der Waals surface area contributed by atoms with Crippen LogP contribution in [0.25, 0.3) is 11.4 Å². The lowest BCUT2D eigenvalue weighted by Crippen LogP contribution is -2.30. The van der Waals surface area contributed by atoms with E-state index in [4.69, 9.17) is 9.26 Å². The Balaban J connectivity index is 1.70. The van der Waals surface area contributed by atoms with Gasteiger partial charge in [-0.1, -0.05) is 41.6 Å². The van der Waals surface area contributed by atoms with E-state index in [0.717, 1.165) is 11.1 Å². The molecule has 3 aromatic rings. The number of nitrogens with zero attached hydrogens (tertiary/aromatic N) is 3. The Hall–Kier alpha value is -3.41. The van der Waals surface area contributed by atoms with Crippen LogP contribution >= 0.6 is 0 Å². The van der Waals surface area contributed by atoms with Crippen LogP contribution < -0.4 is 4.74 Å². The number of carbonyl (C=O) groups is 1. The van der Waals surface area contributed by atoms with Crippen LogP contribution in [0.5, 0.6) is 5.75 Å². The average molecular weight is 377 g/mol. The van der Waals surface area contributed by atoms with Crippen molar-refractivity contribution in [3.8, 4) is 17.1 Å². The number of benzene rings is 2. The molecule has 3 rings (SSSR count). The Morgan fingerprint density at radius 3 is 2.71 bits per heavy atom. The monoisotopic (exact) mass is 377 g/mol. The van der Waals surface area contributed by atoms with Crippen LogP contribution in [0.1, 0.15) is 28.7 Å². The van der Waals surface area contributed by atoms with Crippen molar-refractivity contribution in [1.29, 1.82) is 0 Å². The molecule has 0 N–H and O–H groups in total. The van der Waals surface area contributed by atoms with E-state index in [1.165, 1.54) is 0 Å². The van der Waals surface area contributed by atoms with Gasteiger partial charge in [-0.3, -0.25) is 4.79 Å². The van der Waals surface area contributed by atoms with Gasteiger partial charge in [0.05, 0.1) is 0 Å². The van der Waals surface area contributed by atoms with Crippen LogP contribution in [0, 0.1) is 6.92 Å². The lowest BCUT2D eigenvalue weighted by Gasteiger charge is -2.19. The molecule has 0 aliphatic carbocycles. The van der Waals surface area contributed by atoms with E-state index >= 15 is 0 Å². The Bertz CT molecular complexity index is 948. The van der Waals surface area contributed by atoms with Gasteiger partial charge in [0, 0.05) is 17.7 Å². The van der Waals surface area contributed by atoms with Crippen molar-refractivity contribution in [2.75, 3.05) is 13.2 Å². The smallest absolute Gasteiger partial charge is 0.254 e. The molecule has 1 heterocycles. The third-order valence-electron chi connectivity index (χ3n) is 4.21. The molecule has 0 aliphatic heterocycles. The summed E-state index contributed by atoms with van der Waals surface area (Å²) in [4.78, 5) is 18.9. The molecular formula is C22H23N3O3. The zero-order chi connectivity index (χ0) is 19.9. The van der Waals surface area contributed by atoms with Gasteiger partial charge in [-0.25, -0.2) is 0 Å². The van der Waals surface area contributed by atoms with Gasteiger partial charge >= 0.3 is 0 Å². The molecular weight excluding hydrogens is 354 g/mol. The van der Waals surface area contributed by atoms with Crippen molar-refractivity contribution in [1.82, 2.24) is 15.0 Å². The summed E-state index contributed by atoms with van der Waals surface area (Å²) in [6, 6.07) is 14.9. The predicted octanol–water partition coefficient (Wildman–Crippen LogP) is 4.27. The highest BCUT2D eigenvalue weighted by Gasteiger charge is 2.18. The van der Waals surface area contributed by atoms with Gasteiger partial charge in [0.15, 0.2) is 0 Å². The van der Waals surface area contributed by atoms with Crippen LogP contribution in [0.15, 0.2) is 65.7 Å². The number of aromatic nitrogens is 2. The molecule has 0 saturated heterocycles. The number of carbonyl (C=O) groups excluding carboxylic acids is 1. The summed E-state index contributed by atoms with van der Waals surface area (Å²) in [7, 11) is 0. The highest BCUT2D eigenvalue weighted by atomic mass is 16.5. The maximum Gasteiger partial charge on any atom is 0.254 e. The zero-order valence-electron chi connectivity index (χ0n) is 16.1. The second-order valence-corrected chi connectivity index (χ2v) is 6.32. The maximum atomic E-state index is 12.8. The number of amides is 1. The molecule has 6 nitrogen and oxygen atoms in total. The van der Waals surface area contributed by atoms with Gasteiger partial charge in [0.2, 0.25) is 11.7 Å². The molecule has 0 radical (unpaired) electrons. The van der Waals surface area contributed by atoms with Crippen LogP contribution in [0.4, 0.5) is 0 Å². The first-order valence-electron chi connectivity index (χ1n) is 9.13. The van der Waals surface area contributed by atoms with Gasteiger partial charge in [-0.2, -0.15) is 4.98 Å². The zero-order valence-corrected chi connectivity index (χ0v) is 16.1. The van der Waals surface area contributed by atoms with Crippen molar-refractivity contribution < 1.29 is 14.1 Å². The minimum Gasteiger partial charge on any atom is -0.490 e. The molecule has 2 aromatic carbocycles. The molecule has 6 heteroatoms. The van der Waals surface area contributed by atoms with Gasteiger partial charge in [0.1, 0.15) is 18.9 Å². The van der Waals surface area contributed by atoms with E-state index in [1.54, 1.807) is 35.2 Å². The summed E-state index contributed by atoms with van der Waals surface area (Å²) < 4.78 is 10.8. The fourth-order valence-corrected chi connectivity index (χ4v) is 2.74. The molecule has 0 saturated carbocycles. The fraction of sp³-hybridized carbons (Fsp3) is 0.227. The molecule has 0 aliphatic rings. The quantitative estimate of drug-likeness (QED) is 0.548. The minimum absolute atomic E-state index is 0.104. The van der Waals surface area contributed by atoms with Crippen molar-refractivity contribution in [2.45, 2.75) is 20.4 Å². The molecule has 0 unspecified atom stereocenters. The van der Waals surface area contributed by atoms with E-state index in [2.05, 4.69) is 16.7 Å². The SMILES string of the molecule is C=CCOc1ccc(C(=O)N(CC)Cc2nc(-c3cccc(C)c3)no2)cc1. The van der Waals surface area contributed by atoms with Crippen LogP contribution in [0.3, 0.4) is 0 Å². The molecule has 144 valence electrons. The molecule has 0 spiro atoms. The first kappa shape index (κ1) is 19.4. The number of aryl methyl sites for hydroxylation is 1. The third-order valence-corrected chi connectivity index (χ3v) is 4.21. The number of hydrogen-bond acceptors (Lipinski definition) is 5. The molecule has 28 heavy (non-hydrogen) atoms. The van der Waals surface area contributed by atoms with Gasteiger partial charge < -0.3 is 14.2 Å². The highest BCUT2D eigenvalue weighted by molar-refractivity contribution is 5.94. The summed E-state index contributed by atoms with van der Waals surface area (Å²) in [5.41, 5.74) is 2.58. The summed E-state index contributed by atoms with van der Waals surface area (Å²) in [6.45, 7) is 8.74. The molecule has 1 amide bonds. The van der Waals surface area contributed by atoms with Crippen molar-refractivity contribution in [3.63, 3.8) is 0 Å². The first-order chi connectivity index (χ1) is 13.6. The van der Waals surface area contributed by atoms with Gasteiger partial charge in [-0.05, 0) is 44.2 Å². The number of rotatable bonds is 8. The number of ether oxygens (including phenoxy) is 1. The second kappa shape index (κ2) is 8.99. The van der Waals surface area contributed by atoms with Crippen LogP contribution in [-0.4, -0.2) is 34.1 Å². The van der Waals surface area contributed by atoms with E-state index in [9.17, 15) is 4.79 Å². The largest absolute Gasteiger partial charge is 0.490 e. The molecule has 0 fully saturated rings. The van der Waals surface area contributed by atoms with E-state index in [-0.39, 0.29) is 12.5 Å². The van der Waals surface area contributed by atoms with Crippen molar-refractivity contribution in [3.05, 3.63) is 78.2 Å². The summed E-state index contributed by atoms with van der Waals surface area (Å²) in [5.74, 6) is 1.51. The first-order valence-corrected chi connectivity index (χ1v) is 9.13. The second-order valence-electron chi connectivity index (χ2n) is 6.32. The van der Waals surface area contributed by atoms with Crippen molar-refractivity contribution >= 4 is 5.91 Å². The normalized spacial score (nSPS) is 10.5. The van der Waals surface area contributed by atoms with Gasteiger partial charge in [0.25, 0.3) is 5.91 Å². The molecule has 0 bridgehead atoms. The van der Waals surface area contributed by atoms with Crippen LogP contribution in [0.2, 0.25) is 0 Å². The summed E-state index contributed by atoms with van der Waals surface area (Å²) >= 11 is 0. The lowest BCUT2D eigenvalue weighted by atomic mass is 10.1.